The van der Waals surface area contributed by atoms with Gasteiger partial charge in [0.15, 0.2) is 11.5 Å². The van der Waals surface area contributed by atoms with E-state index in [1.807, 2.05) is 32.1 Å². The third-order valence-electron chi connectivity index (χ3n) is 5.21. The van der Waals surface area contributed by atoms with Crippen molar-refractivity contribution in [2.24, 2.45) is 0 Å². The van der Waals surface area contributed by atoms with Gasteiger partial charge in [-0.15, -0.1) is 0 Å². The molecule has 0 bridgehead atoms. The lowest BCUT2D eigenvalue weighted by Crippen LogP contribution is -2.01. The first-order valence-corrected chi connectivity index (χ1v) is 12.2. The number of aromatic nitrogens is 2. The van der Waals surface area contributed by atoms with Gasteiger partial charge in [0.05, 0.1) is 23.3 Å². The van der Waals surface area contributed by atoms with Crippen molar-refractivity contribution in [3.63, 3.8) is 0 Å². The van der Waals surface area contributed by atoms with Crippen LogP contribution in [0.25, 0.3) is 10.9 Å². The first-order valence-electron chi connectivity index (χ1n) is 11.1. The molecule has 0 fully saturated rings. The molecule has 0 spiro atoms. The zero-order valence-electron chi connectivity index (χ0n) is 19.9. The Morgan fingerprint density at radius 1 is 1.06 bits per heavy atom. The fourth-order valence-corrected chi connectivity index (χ4v) is 4.02. The average molecular weight is 573 g/mol. The van der Waals surface area contributed by atoms with Crippen molar-refractivity contribution in [2.45, 2.75) is 20.5 Å². The van der Waals surface area contributed by atoms with Crippen molar-refractivity contribution in [1.82, 2.24) is 9.97 Å². The molecule has 0 aliphatic carbocycles. The summed E-state index contributed by atoms with van der Waals surface area (Å²) >= 11 is 10.1. The number of methoxy groups -OCH3 is 1. The molecule has 0 amide bonds. The molecule has 1 N–H and O–H groups in total. The lowest BCUT2D eigenvalue weighted by atomic mass is 10.2. The number of nitrogens with one attached hydrogen (secondary N) is 1. The summed E-state index contributed by atoms with van der Waals surface area (Å²) in [5.41, 5.74) is 3.23. The van der Waals surface area contributed by atoms with Crippen molar-refractivity contribution < 1.29 is 18.6 Å². The molecule has 0 radical (unpaired) electrons. The molecule has 4 rings (SSSR count). The predicted molar refractivity (Wildman–Crippen MR) is 144 cm³/mol. The summed E-state index contributed by atoms with van der Waals surface area (Å²) in [6, 6.07) is 13.4. The highest BCUT2D eigenvalue weighted by atomic mass is 79.9. The van der Waals surface area contributed by atoms with Gasteiger partial charge in [-0.3, -0.25) is 0 Å². The topological polar surface area (TPSA) is 65.5 Å². The van der Waals surface area contributed by atoms with E-state index in [4.69, 9.17) is 25.8 Å². The number of halogens is 3. The Morgan fingerprint density at radius 3 is 2.64 bits per heavy atom. The second-order valence-electron chi connectivity index (χ2n) is 8.14. The SMILES string of the molecule is COc1cc2ncnc(Nc3cc(Cl)c(OCc4cccc(F)c4)cc3Br)c2cc1OCC=C(C)C. The van der Waals surface area contributed by atoms with Crippen LogP contribution in [0, 0.1) is 5.82 Å². The van der Waals surface area contributed by atoms with E-state index in [9.17, 15) is 4.39 Å². The molecule has 0 unspecified atom stereocenters. The summed E-state index contributed by atoms with van der Waals surface area (Å²) < 4.78 is 31.4. The van der Waals surface area contributed by atoms with Gasteiger partial charge in [0.25, 0.3) is 0 Å². The molecule has 4 aromatic rings. The Kier molecular flexibility index (Phi) is 8.28. The van der Waals surface area contributed by atoms with Crippen LogP contribution in [0.3, 0.4) is 0 Å². The van der Waals surface area contributed by atoms with Gasteiger partial charge in [0.2, 0.25) is 0 Å². The maximum atomic E-state index is 13.4. The molecule has 36 heavy (non-hydrogen) atoms. The fraction of sp³-hybridized carbons (Fsp3) is 0.185. The first kappa shape index (κ1) is 25.7. The molecule has 0 atom stereocenters. The van der Waals surface area contributed by atoms with Gasteiger partial charge < -0.3 is 19.5 Å². The van der Waals surface area contributed by atoms with Crippen LogP contribution in [0.4, 0.5) is 15.9 Å². The van der Waals surface area contributed by atoms with E-state index in [-0.39, 0.29) is 12.4 Å². The standard InChI is InChI=1S/C27H24BrClFN3O3/c1-16(2)7-8-35-26-10-19-22(13-25(26)34-3)31-15-32-27(19)33-23-12-21(29)24(11-20(23)28)36-14-17-5-4-6-18(30)9-17/h4-7,9-13,15H,8,14H2,1-3H3,(H,31,32,33). The van der Waals surface area contributed by atoms with Crippen LogP contribution in [0.15, 0.2) is 71.0 Å². The number of hydrogen-bond acceptors (Lipinski definition) is 6. The maximum Gasteiger partial charge on any atom is 0.162 e. The number of ether oxygens (including phenoxy) is 3. The fourth-order valence-electron chi connectivity index (χ4n) is 3.38. The molecule has 0 saturated heterocycles. The summed E-state index contributed by atoms with van der Waals surface area (Å²) in [6.07, 6.45) is 3.46. The first-order chi connectivity index (χ1) is 17.3. The lowest BCUT2D eigenvalue weighted by Gasteiger charge is -2.15. The molecule has 9 heteroatoms. The zero-order chi connectivity index (χ0) is 25.7. The molecular formula is C27H24BrClFN3O3. The van der Waals surface area contributed by atoms with Crippen LogP contribution in [-0.2, 0) is 6.61 Å². The predicted octanol–water partition coefficient (Wildman–Crippen LogP) is 7.86. The van der Waals surface area contributed by atoms with Crippen molar-refractivity contribution >= 4 is 49.9 Å². The summed E-state index contributed by atoms with van der Waals surface area (Å²) in [7, 11) is 1.59. The average Bonchev–Trinajstić information content (AvgIpc) is 2.85. The van der Waals surface area contributed by atoms with Crippen molar-refractivity contribution in [1.29, 1.82) is 0 Å². The van der Waals surface area contributed by atoms with Gasteiger partial charge in [0, 0.05) is 15.9 Å². The summed E-state index contributed by atoms with van der Waals surface area (Å²) in [4.78, 5) is 8.80. The second kappa shape index (κ2) is 11.6. The number of hydrogen-bond donors (Lipinski definition) is 1. The molecular weight excluding hydrogens is 549 g/mol. The quantitative estimate of drug-likeness (QED) is 0.206. The molecule has 186 valence electrons. The van der Waals surface area contributed by atoms with Crippen LogP contribution in [0.2, 0.25) is 5.02 Å². The minimum absolute atomic E-state index is 0.185. The molecule has 3 aromatic carbocycles. The number of anilines is 2. The third-order valence-corrected chi connectivity index (χ3v) is 6.16. The van der Waals surface area contributed by atoms with Crippen LogP contribution >= 0.6 is 27.5 Å². The Labute approximate surface area is 222 Å². The van der Waals surface area contributed by atoms with Crippen molar-refractivity contribution in [2.75, 3.05) is 19.0 Å². The highest BCUT2D eigenvalue weighted by Crippen LogP contribution is 2.39. The molecule has 6 nitrogen and oxygen atoms in total. The Bertz CT molecular complexity index is 1430. The lowest BCUT2D eigenvalue weighted by molar-refractivity contribution is 0.305. The minimum atomic E-state index is -0.317. The van der Waals surface area contributed by atoms with Crippen LogP contribution < -0.4 is 19.5 Å². The second-order valence-corrected chi connectivity index (χ2v) is 9.40. The van der Waals surface area contributed by atoms with E-state index < -0.39 is 0 Å². The van der Waals surface area contributed by atoms with Gasteiger partial charge in [-0.2, -0.15) is 0 Å². The normalized spacial score (nSPS) is 10.7. The number of fused-ring (bicyclic) bond motifs is 1. The van der Waals surface area contributed by atoms with Gasteiger partial charge >= 0.3 is 0 Å². The number of allylic oxidation sites excluding steroid dienone is 1. The highest BCUT2D eigenvalue weighted by Gasteiger charge is 2.14. The zero-order valence-corrected chi connectivity index (χ0v) is 22.3. The number of rotatable bonds is 9. The summed E-state index contributed by atoms with van der Waals surface area (Å²) in [5, 5.41) is 4.45. The molecule has 1 aromatic heterocycles. The minimum Gasteiger partial charge on any atom is -0.493 e. The van der Waals surface area contributed by atoms with Gasteiger partial charge in [0.1, 0.15) is 36.9 Å². The van der Waals surface area contributed by atoms with E-state index in [0.717, 1.165) is 11.0 Å². The van der Waals surface area contributed by atoms with Gasteiger partial charge in [-0.25, -0.2) is 14.4 Å². The van der Waals surface area contributed by atoms with Crippen LogP contribution in [-0.4, -0.2) is 23.7 Å². The number of nitrogens with zero attached hydrogens (tertiary/aromatic N) is 2. The van der Waals surface area contributed by atoms with Gasteiger partial charge in [-0.1, -0.05) is 29.3 Å². The largest absolute Gasteiger partial charge is 0.493 e. The smallest absolute Gasteiger partial charge is 0.162 e. The Balaban J connectivity index is 1.60. The van der Waals surface area contributed by atoms with E-state index in [1.54, 1.807) is 31.4 Å². The summed E-state index contributed by atoms with van der Waals surface area (Å²) in [6.45, 7) is 4.62. The summed E-state index contributed by atoms with van der Waals surface area (Å²) in [5.74, 6) is 1.88. The number of benzene rings is 3. The van der Waals surface area contributed by atoms with E-state index in [2.05, 4.69) is 31.2 Å². The highest BCUT2D eigenvalue weighted by molar-refractivity contribution is 9.10. The monoisotopic (exact) mass is 571 g/mol. The molecule has 0 aliphatic heterocycles. The van der Waals surface area contributed by atoms with E-state index >= 15 is 0 Å². The van der Waals surface area contributed by atoms with Crippen LogP contribution in [0.5, 0.6) is 17.2 Å². The van der Waals surface area contributed by atoms with Crippen LogP contribution in [0.1, 0.15) is 19.4 Å². The molecule has 0 aliphatic rings. The van der Waals surface area contributed by atoms with Gasteiger partial charge in [-0.05, 0) is 71.7 Å². The Morgan fingerprint density at radius 2 is 1.89 bits per heavy atom. The van der Waals surface area contributed by atoms with E-state index in [0.29, 0.717) is 55.9 Å². The maximum absolute atomic E-state index is 13.4. The third kappa shape index (κ3) is 6.25. The molecule has 0 saturated carbocycles. The van der Waals surface area contributed by atoms with Crippen molar-refractivity contribution in [3.8, 4) is 17.2 Å². The van der Waals surface area contributed by atoms with E-state index in [1.165, 1.54) is 18.5 Å². The van der Waals surface area contributed by atoms with Crippen molar-refractivity contribution in [3.05, 3.63) is 87.4 Å². The molecule has 1 heterocycles. The Hall–Kier alpha value is -3.36.